The van der Waals surface area contributed by atoms with Crippen LogP contribution in [0.15, 0.2) is 42.5 Å². The van der Waals surface area contributed by atoms with E-state index in [1.165, 1.54) is 11.1 Å². The molecular weight excluding hydrogens is 338 g/mol. The first kappa shape index (κ1) is 19.4. The fraction of sp³-hybridized carbons (Fsp3) is 0.435. The molecule has 0 saturated carbocycles. The molecule has 1 aliphatic heterocycles. The molecule has 1 N–H and O–H groups in total. The molecule has 0 amide bonds. The molecular formula is C23H29NO3. The number of hydrogen-bond donors (Lipinski definition) is 1. The van der Waals surface area contributed by atoms with Gasteiger partial charge in [-0.15, -0.1) is 0 Å². The van der Waals surface area contributed by atoms with Crippen LogP contribution >= 0.6 is 0 Å². The fourth-order valence-electron chi connectivity index (χ4n) is 3.98. The number of carboxylic acid groups (broad SMARTS) is 1. The predicted octanol–water partition coefficient (Wildman–Crippen LogP) is 5.82. The van der Waals surface area contributed by atoms with E-state index >= 15 is 0 Å². The molecule has 0 aromatic heterocycles. The van der Waals surface area contributed by atoms with E-state index < -0.39 is 5.97 Å². The molecule has 3 rings (SSSR count). The Morgan fingerprint density at radius 2 is 1.56 bits per heavy atom. The van der Waals surface area contributed by atoms with Crippen LogP contribution in [0, 0.1) is 0 Å². The molecule has 27 heavy (non-hydrogen) atoms. The minimum atomic E-state index is -0.902. The number of benzene rings is 2. The maximum Gasteiger partial charge on any atom is 0.335 e. The van der Waals surface area contributed by atoms with E-state index in [1.807, 2.05) is 12.1 Å². The second-order valence-electron chi connectivity index (χ2n) is 8.21. The van der Waals surface area contributed by atoms with E-state index in [4.69, 9.17) is 9.84 Å². The largest absolute Gasteiger partial charge is 0.478 e. The highest BCUT2D eigenvalue weighted by atomic mass is 16.5. The summed E-state index contributed by atoms with van der Waals surface area (Å²) in [4.78, 5) is 13.4. The molecule has 0 spiro atoms. The molecule has 4 nitrogen and oxygen atoms in total. The highest BCUT2D eigenvalue weighted by molar-refractivity contribution is 5.88. The molecule has 0 radical (unpaired) electrons. The molecule has 0 bridgehead atoms. The molecule has 1 heterocycles. The minimum Gasteiger partial charge on any atom is -0.478 e. The average molecular weight is 367 g/mol. The van der Waals surface area contributed by atoms with Crippen LogP contribution in [-0.4, -0.2) is 17.6 Å². The second-order valence-corrected chi connectivity index (χ2v) is 8.21. The van der Waals surface area contributed by atoms with Crippen LogP contribution < -0.4 is 4.90 Å². The Morgan fingerprint density at radius 1 is 0.963 bits per heavy atom. The highest BCUT2D eigenvalue weighted by Gasteiger charge is 2.43. The molecule has 1 aliphatic rings. The van der Waals surface area contributed by atoms with Gasteiger partial charge in [0.15, 0.2) is 0 Å². The van der Waals surface area contributed by atoms with Gasteiger partial charge in [0, 0.05) is 17.9 Å². The smallest absolute Gasteiger partial charge is 0.335 e. The van der Waals surface area contributed by atoms with E-state index in [1.54, 1.807) is 12.1 Å². The topological polar surface area (TPSA) is 49.8 Å². The molecule has 144 valence electrons. The van der Waals surface area contributed by atoms with E-state index in [0.717, 1.165) is 30.8 Å². The number of fused-ring (bicyclic) bond motifs is 1. The quantitative estimate of drug-likeness (QED) is 0.698. The Labute approximate surface area is 161 Å². The molecule has 0 fully saturated rings. The third-order valence-corrected chi connectivity index (χ3v) is 5.28. The van der Waals surface area contributed by atoms with Crippen LogP contribution in [-0.2, 0) is 15.9 Å². The Kier molecular flexibility index (Phi) is 5.04. The standard InChI is InChI=1S/C23H29NO3/c1-6-7-14-24(17-10-8-16(9-11-17)21(25)26)18-12-13-19-20(15-18)23(4,5)27-22(19,2)3/h8-13,15H,6-7,14H2,1-5H3,(H,25,26). The summed E-state index contributed by atoms with van der Waals surface area (Å²) in [6.45, 7) is 11.5. The maximum absolute atomic E-state index is 11.2. The van der Waals surface area contributed by atoms with Gasteiger partial charge in [-0.3, -0.25) is 0 Å². The SMILES string of the molecule is CCCCN(c1ccc(C(=O)O)cc1)c1ccc2c(c1)C(C)(C)OC2(C)C. The number of carboxylic acids is 1. The first-order chi connectivity index (χ1) is 12.7. The first-order valence-electron chi connectivity index (χ1n) is 9.62. The number of ether oxygens (including phenoxy) is 1. The lowest BCUT2D eigenvalue weighted by Gasteiger charge is -2.27. The molecule has 2 aromatic carbocycles. The maximum atomic E-state index is 11.2. The lowest BCUT2D eigenvalue weighted by Crippen LogP contribution is -2.22. The lowest BCUT2D eigenvalue weighted by molar-refractivity contribution is -0.105. The summed E-state index contributed by atoms with van der Waals surface area (Å²) < 4.78 is 6.29. The van der Waals surface area contributed by atoms with Crippen molar-refractivity contribution in [1.82, 2.24) is 0 Å². The number of rotatable bonds is 6. The lowest BCUT2D eigenvalue weighted by atomic mass is 9.90. The van der Waals surface area contributed by atoms with Crippen molar-refractivity contribution in [1.29, 1.82) is 0 Å². The highest BCUT2D eigenvalue weighted by Crippen LogP contribution is 2.48. The summed E-state index contributed by atoms with van der Waals surface area (Å²) in [5.74, 6) is -0.902. The molecule has 2 aromatic rings. The van der Waals surface area contributed by atoms with Gasteiger partial charge in [-0.25, -0.2) is 4.79 Å². The van der Waals surface area contributed by atoms with E-state index in [9.17, 15) is 4.79 Å². The summed E-state index contributed by atoms with van der Waals surface area (Å²) in [6, 6.07) is 13.6. The Bertz CT molecular complexity index is 837. The third-order valence-electron chi connectivity index (χ3n) is 5.28. The van der Waals surface area contributed by atoms with Crippen molar-refractivity contribution in [3.63, 3.8) is 0 Å². The third kappa shape index (κ3) is 3.72. The van der Waals surface area contributed by atoms with Crippen molar-refractivity contribution in [2.75, 3.05) is 11.4 Å². The minimum absolute atomic E-state index is 0.297. The second kappa shape index (κ2) is 7.01. The van der Waals surface area contributed by atoms with Gasteiger partial charge in [-0.1, -0.05) is 19.4 Å². The summed E-state index contributed by atoms with van der Waals surface area (Å²) in [6.07, 6.45) is 2.15. The van der Waals surface area contributed by atoms with Crippen LogP contribution in [0.1, 0.15) is 68.9 Å². The number of anilines is 2. The van der Waals surface area contributed by atoms with Crippen LogP contribution in [0.4, 0.5) is 11.4 Å². The van der Waals surface area contributed by atoms with Crippen molar-refractivity contribution >= 4 is 17.3 Å². The van der Waals surface area contributed by atoms with Gasteiger partial charge in [0.2, 0.25) is 0 Å². The fourth-order valence-corrected chi connectivity index (χ4v) is 3.98. The molecule has 4 heteroatoms. The van der Waals surface area contributed by atoms with Crippen LogP contribution in [0.2, 0.25) is 0 Å². The summed E-state index contributed by atoms with van der Waals surface area (Å²) in [7, 11) is 0. The number of aromatic carboxylic acids is 1. The van der Waals surface area contributed by atoms with Crippen LogP contribution in [0.25, 0.3) is 0 Å². The summed E-state index contributed by atoms with van der Waals surface area (Å²) in [5, 5.41) is 9.16. The Morgan fingerprint density at radius 3 is 2.15 bits per heavy atom. The zero-order valence-electron chi connectivity index (χ0n) is 16.9. The zero-order valence-corrected chi connectivity index (χ0v) is 16.9. The van der Waals surface area contributed by atoms with Crippen molar-refractivity contribution in [2.24, 2.45) is 0 Å². The monoisotopic (exact) mass is 367 g/mol. The number of carbonyl (C=O) groups is 1. The van der Waals surface area contributed by atoms with Gasteiger partial charge < -0.3 is 14.7 Å². The Hall–Kier alpha value is -2.33. The molecule has 0 atom stereocenters. The van der Waals surface area contributed by atoms with Gasteiger partial charge in [0.25, 0.3) is 0 Å². The zero-order chi connectivity index (χ0) is 19.8. The number of unbranched alkanes of at least 4 members (excludes halogenated alkanes) is 1. The first-order valence-corrected chi connectivity index (χ1v) is 9.62. The molecule has 0 aliphatic carbocycles. The number of hydrogen-bond acceptors (Lipinski definition) is 3. The van der Waals surface area contributed by atoms with Gasteiger partial charge in [-0.05, 0) is 81.6 Å². The normalized spacial score (nSPS) is 16.8. The Balaban J connectivity index is 2.03. The summed E-state index contributed by atoms with van der Waals surface area (Å²) in [5.41, 5.74) is 4.23. The summed E-state index contributed by atoms with van der Waals surface area (Å²) >= 11 is 0. The van der Waals surface area contributed by atoms with Crippen LogP contribution in [0.5, 0.6) is 0 Å². The molecule has 0 saturated heterocycles. The van der Waals surface area contributed by atoms with E-state index in [-0.39, 0.29) is 11.2 Å². The van der Waals surface area contributed by atoms with Gasteiger partial charge in [0.05, 0.1) is 16.8 Å². The van der Waals surface area contributed by atoms with Crippen LogP contribution in [0.3, 0.4) is 0 Å². The van der Waals surface area contributed by atoms with Crippen molar-refractivity contribution in [3.05, 3.63) is 59.2 Å². The molecule has 0 unspecified atom stereocenters. The van der Waals surface area contributed by atoms with Crippen molar-refractivity contribution in [2.45, 2.75) is 58.7 Å². The van der Waals surface area contributed by atoms with Gasteiger partial charge in [-0.2, -0.15) is 0 Å². The predicted molar refractivity (Wildman–Crippen MR) is 109 cm³/mol. The van der Waals surface area contributed by atoms with E-state index in [2.05, 4.69) is 57.7 Å². The number of nitrogens with zero attached hydrogens (tertiary/aromatic N) is 1. The van der Waals surface area contributed by atoms with Gasteiger partial charge >= 0.3 is 5.97 Å². The van der Waals surface area contributed by atoms with Crippen molar-refractivity contribution in [3.8, 4) is 0 Å². The van der Waals surface area contributed by atoms with Crippen molar-refractivity contribution < 1.29 is 14.6 Å². The van der Waals surface area contributed by atoms with E-state index in [0.29, 0.717) is 5.56 Å². The van der Waals surface area contributed by atoms with Gasteiger partial charge in [0.1, 0.15) is 0 Å². The average Bonchev–Trinajstić information content (AvgIpc) is 2.80.